The first-order valence-electron chi connectivity index (χ1n) is 10.1. The van der Waals surface area contributed by atoms with E-state index in [0.717, 1.165) is 60.8 Å². The first kappa shape index (κ1) is 20.1. The minimum Gasteiger partial charge on any atom is -0.467 e. The van der Waals surface area contributed by atoms with Crippen LogP contribution < -0.4 is 15.0 Å². The maximum atomic E-state index is 12.4. The van der Waals surface area contributed by atoms with Gasteiger partial charge in [0.15, 0.2) is 6.61 Å². The van der Waals surface area contributed by atoms with Crippen LogP contribution in [-0.2, 0) is 11.2 Å². The summed E-state index contributed by atoms with van der Waals surface area (Å²) < 4.78 is 5.70. The minimum atomic E-state index is -0.186. The van der Waals surface area contributed by atoms with Gasteiger partial charge < -0.3 is 15.0 Å². The van der Waals surface area contributed by atoms with Gasteiger partial charge in [0.25, 0.3) is 5.91 Å². The number of amides is 1. The molecule has 0 aliphatic carbocycles. The maximum absolute atomic E-state index is 12.4. The van der Waals surface area contributed by atoms with E-state index in [9.17, 15) is 4.79 Å². The van der Waals surface area contributed by atoms with E-state index in [-0.39, 0.29) is 12.5 Å². The summed E-state index contributed by atoms with van der Waals surface area (Å²) in [4.78, 5) is 23.7. The summed E-state index contributed by atoms with van der Waals surface area (Å²) in [6, 6.07) is 7.81. The summed E-state index contributed by atoms with van der Waals surface area (Å²) in [5.41, 5.74) is 3.88. The van der Waals surface area contributed by atoms with Crippen LogP contribution in [0.3, 0.4) is 0 Å². The average Bonchev–Trinajstić information content (AvgIpc) is 2.68. The standard InChI is InChI=1S/C22H30N4O2/c1-5-18-8-6-7-16(3)21(18)24-19(27)14-28-20-13-17(4)23-22(25-20)26-11-9-15(2)10-12-26/h6-8,13,15H,5,9-12,14H2,1-4H3,(H,24,27). The molecule has 6 heteroatoms. The monoisotopic (exact) mass is 382 g/mol. The van der Waals surface area contributed by atoms with E-state index in [0.29, 0.717) is 11.8 Å². The zero-order chi connectivity index (χ0) is 20.1. The number of carbonyl (C=O) groups excluding carboxylic acids is 1. The Balaban J connectivity index is 1.64. The molecule has 0 unspecified atom stereocenters. The van der Waals surface area contributed by atoms with Crippen molar-refractivity contribution in [3.05, 3.63) is 41.1 Å². The van der Waals surface area contributed by atoms with E-state index in [1.165, 1.54) is 0 Å². The number of hydrogen-bond acceptors (Lipinski definition) is 5. The Labute approximate surface area is 167 Å². The molecule has 3 rings (SSSR count). The Hall–Kier alpha value is -2.63. The highest BCUT2D eigenvalue weighted by molar-refractivity contribution is 5.93. The zero-order valence-electron chi connectivity index (χ0n) is 17.3. The highest BCUT2D eigenvalue weighted by Gasteiger charge is 2.19. The van der Waals surface area contributed by atoms with Gasteiger partial charge in [0.2, 0.25) is 11.8 Å². The van der Waals surface area contributed by atoms with Crippen molar-refractivity contribution in [2.24, 2.45) is 5.92 Å². The van der Waals surface area contributed by atoms with Gasteiger partial charge in [-0.3, -0.25) is 4.79 Å². The lowest BCUT2D eigenvalue weighted by atomic mass is 10.00. The van der Waals surface area contributed by atoms with Gasteiger partial charge in [-0.05, 0) is 50.2 Å². The van der Waals surface area contributed by atoms with Crippen LogP contribution in [0.2, 0.25) is 0 Å². The first-order valence-corrected chi connectivity index (χ1v) is 10.1. The molecule has 1 aliphatic heterocycles. The topological polar surface area (TPSA) is 67.3 Å². The fourth-order valence-electron chi connectivity index (χ4n) is 3.47. The van der Waals surface area contributed by atoms with E-state index < -0.39 is 0 Å². The van der Waals surface area contributed by atoms with Gasteiger partial charge in [-0.1, -0.05) is 32.0 Å². The second kappa shape index (κ2) is 9.04. The summed E-state index contributed by atoms with van der Waals surface area (Å²) in [6.45, 7) is 10.1. The van der Waals surface area contributed by atoms with Crippen molar-refractivity contribution < 1.29 is 9.53 Å². The van der Waals surface area contributed by atoms with Crippen LogP contribution in [0.1, 0.15) is 43.5 Å². The van der Waals surface area contributed by atoms with Crippen LogP contribution in [0, 0.1) is 19.8 Å². The lowest BCUT2D eigenvalue weighted by molar-refractivity contribution is -0.118. The molecule has 1 aliphatic rings. The molecule has 0 bridgehead atoms. The predicted octanol–water partition coefficient (Wildman–Crippen LogP) is 3.91. The fourth-order valence-corrected chi connectivity index (χ4v) is 3.47. The highest BCUT2D eigenvalue weighted by Crippen LogP contribution is 2.23. The minimum absolute atomic E-state index is 0.0790. The summed E-state index contributed by atoms with van der Waals surface area (Å²) in [5, 5.41) is 2.98. The van der Waals surface area contributed by atoms with Crippen LogP contribution in [0.25, 0.3) is 0 Å². The number of hydrogen-bond donors (Lipinski definition) is 1. The number of aryl methyl sites for hydroxylation is 3. The highest BCUT2D eigenvalue weighted by atomic mass is 16.5. The third-order valence-corrected chi connectivity index (χ3v) is 5.24. The number of carbonyl (C=O) groups is 1. The second-order valence-electron chi connectivity index (χ2n) is 7.62. The van der Waals surface area contributed by atoms with Crippen LogP contribution in [-0.4, -0.2) is 35.6 Å². The maximum Gasteiger partial charge on any atom is 0.262 e. The predicted molar refractivity (Wildman–Crippen MR) is 112 cm³/mol. The van der Waals surface area contributed by atoms with Gasteiger partial charge in [-0.2, -0.15) is 4.98 Å². The first-order chi connectivity index (χ1) is 13.5. The van der Waals surface area contributed by atoms with E-state index in [4.69, 9.17) is 4.74 Å². The van der Waals surface area contributed by atoms with Gasteiger partial charge in [0.1, 0.15) is 0 Å². The van der Waals surface area contributed by atoms with Crippen molar-refractivity contribution in [1.29, 1.82) is 0 Å². The van der Waals surface area contributed by atoms with Gasteiger partial charge in [-0.25, -0.2) is 4.98 Å². The van der Waals surface area contributed by atoms with Gasteiger partial charge in [0, 0.05) is 30.5 Å². The lowest BCUT2D eigenvalue weighted by Gasteiger charge is -2.30. The molecule has 0 radical (unpaired) electrons. The van der Waals surface area contributed by atoms with Gasteiger partial charge >= 0.3 is 0 Å². The molecular formula is C22H30N4O2. The summed E-state index contributed by atoms with van der Waals surface area (Å²) in [7, 11) is 0. The molecule has 1 aromatic heterocycles. The Bertz CT molecular complexity index is 829. The van der Waals surface area contributed by atoms with E-state index in [2.05, 4.69) is 34.0 Å². The molecule has 1 fully saturated rings. The largest absolute Gasteiger partial charge is 0.467 e. The van der Waals surface area contributed by atoms with Crippen LogP contribution in [0.5, 0.6) is 5.88 Å². The lowest BCUT2D eigenvalue weighted by Crippen LogP contribution is -2.34. The van der Waals surface area contributed by atoms with Gasteiger partial charge in [-0.15, -0.1) is 0 Å². The summed E-state index contributed by atoms with van der Waals surface area (Å²) in [5.74, 6) is 1.69. The molecule has 2 heterocycles. The average molecular weight is 383 g/mol. The molecule has 1 aromatic carbocycles. The molecule has 1 amide bonds. The molecule has 28 heavy (non-hydrogen) atoms. The van der Waals surface area contributed by atoms with Crippen LogP contribution in [0.4, 0.5) is 11.6 Å². The Morgan fingerprint density at radius 2 is 2.00 bits per heavy atom. The van der Waals surface area contributed by atoms with Crippen molar-refractivity contribution in [3.63, 3.8) is 0 Å². The third kappa shape index (κ3) is 5.00. The third-order valence-electron chi connectivity index (χ3n) is 5.24. The van der Waals surface area contributed by atoms with E-state index >= 15 is 0 Å². The number of nitrogens with one attached hydrogen (secondary N) is 1. The second-order valence-corrected chi connectivity index (χ2v) is 7.62. The number of aromatic nitrogens is 2. The summed E-state index contributed by atoms with van der Waals surface area (Å²) >= 11 is 0. The van der Waals surface area contributed by atoms with Crippen molar-refractivity contribution in [1.82, 2.24) is 9.97 Å². The van der Waals surface area contributed by atoms with Crippen molar-refractivity contribution in [2.45, 2.75) is 47.0 Å². The fraction of sp³-hybridized carbons (Fsp3) is 0.500. The van der Waals surface area contributed by atoms with Crippen LogP contribution >= 0.6 is 0 Å². The molecule has 0 saturated carbocycles. The van der Waals surface area contributed by atoms with Crippen LogP contribution in [0.15, 0.2) is 24.3 Å². The van der Waals surface area contributed by atoms with Crippen molar-refractivity contribution >= 4 is 17.5 Å². The van der Waals surface area contributed by atoms with Crippen molar-refractivity contribution in [3.8, 4) is 5.88 Å². The molecule has 150 valence electrons. The molecule has 1 saturated heterocycles. The zero-order valence-corrected chi connectivity index (χ0v) is 17.3. The number of rotatable bonds is 6. The number of nitrogens with zero attached hydrogens (tertiary/aromatic N) is 3. The molecule has 0 spiro atoms. The Morgan fingerprint density at radius 1 is 1.25 bits per heavy atom. The summed E-state index contributed by atoms with van der Waals surface area (Å²) in [6.07, 6.45) is 3.15. The quantitative estimate of drug-likeness (QED) is 0.820. The molecule has 6 nitrogen and oxygen atoms in total. The number of piperidine rings is 1. The molecule has 1 N–H and O–H groups in total. The van der Waals surface area contributed by atoms with Gasteiger partial charge in [0.05, 0.1) is 0 Å². The van der Waals surface area contributed by atoms with Crippen molar-refractivity contribution in [2.75, 3.05) is 29.9 Å². The number of anilines is 2. The number of para-hydroxylation sites is 1. The van der Waals surface area contributed by atoms with E-state index in [1.54, 1.807) is 6.07 Å². The Kier molecular flexibility index (Phi) is 6.49. The normalized spacial score (nSPS) is 14.8. The number of ether oxygens (including phenoxy) is 1. The smallest absolute Gasteiger partial charge is 0.262 e. The van der Waals surface area contributed by atoms with E-state index in [1.807, 2.05) is 32.0 Å². The Morgan fingerprint density at radius 3 is 2.71 bits per heavy atom. The molecule has 0 atom stereocenters. The molecule has 2 aromatic rings. The molecular weight excluding hydrogens is 352 g/mol. The number of benzene rings is 1. The SMILES string of the molecule is CCc1cccc(C)c1NC(=O)COc1cc(C)nc(N2CCC(C)CC2)n1.